The summed E-state index contributed by atoms with van der Waals surface area (Å²) in [5, 5.41) is 5.04. The quantitative estimate of drug-likeness (QED) is 0.884. The molecule has 0 unspecified atom stereocenters. The van der Waals surface area contributed by atoms with Crippen LogP contribution in [0.15, 0.2) is 23.1 Å². The zero-order valence-corrected chi connectivity index (χ0v) is 14.1. The molecule has 0 aromatic heterocycles. The summed E-state index contributed by atoms with van der Waals surface area (Å²) in [6.45, 7) is 9.15. The molecule has 112 valence electrons. The lowest BCUT2D eigenvalue weighted by Gasteiger charge is -2.25. The molecule has 20 heavy (non-hydrogen) atoms. The predicted molar refractivity (Wildman–Crippen MR) is 87.7 cm³/mol. The van der Waals surface area contributed by atoms with Crippen LogP contribution in [0.1, 0.15) is 39.2 Å². The van der Waals surface area contributed by atoms with Crippen molar-refractivity contribution in [3.05, 3.63) is 28.8 Å². The third-order valence-corrected chi connectivity index (χ3v) is 5.26. The summed E-state index contributed by atoms with van der Waals surface area (Å²) in [6.07, 6.45) is 2.23. The van der Waals surface area contributed by atoms with Gasteiger partial charge < -0.3 is 10.1 Å². The monoisotopic (exact) mass is 313 g/mol. The van der Waals surface area contributed by atoms with Crippen LogP contribution in [0.4, 0.5) is 0 Å². The van der Waals surface area contributed by atoms with Gasteiger partial charge in [-0.3, -0.25) is 0 Å². The summed E-state index contributed by atoms with van der Waals surface area (Å²) in [5.74, 6) is 0. The standard InChI is InChI=1S/C16H24ClNOS/c1-16(2,3)18-11-12-5-4-6-14(17)15(12)20-13-7-9-19-10-8-13/h4-6,13,18H,7-11H2,1-3H3. The molecule has 1 saturated heterocycles. The molecule has 1 N–H and O–H groups in total. The number of halogens is 1. The maximum atomic E-state index is 6.42. The second-order valence-electron chi connectivity index (χ2n) is 6.26. The number of benzene rings is 1. The molecule has 1 fully saturated rings. The SMILES string of the molecule is CC(C)(C)NCc1cccc(Cl)c1SC1CCOCC1. The first kappa shape index (κ1) is 16.2. The van der Waals surface area contributed by atoms with Crippen LogP contribution in [0.25, 0.3) is 0 Å². The van der Waals surface area contributed by atoms with Gasteiger partial charge in [-0.2, -0.15) is 0 Å². The summed E-state index contributed by atoms with van der Waals surface area (Å²) in [7, 11) is 0. The minimum absolute atomic E-state index is 0.114. The van der Waals surface area contributed by atoms with E-state index in [1.165, 1.54) is 10.5 Å². The molecular formula is C16H24ClNOS. The lowest BCUT2D eigenvalue weighted by Crippen LogP contribution is -2.35. The van der Waals surface area contributed by atoms with Crippen LogP contribution in [0.5, 0.6) is 0 Å². The Morgan fingerprint density at radius 1 is 1.30 bits per heavy atom. The summed E-state index contributed by atoms with van der Waals surface area (Å²) >= 11 is 8.34. The molecule has 1 aromatic rings. The van der Waals surface area contributed by atoms with Crippen LogP contribution in [0.2, 0.25) is 5.02 Å². The van der Waals surface area contributed by atoms with Gasteiger partial charge in [0.1, 0.15) is 0 Å². The molecule has 1 aromatic carbocycles. The Kier molecular flexibility index (Phi) is 5.79. The molecule has 1 aliphatic rings. The number of ether oxygens (including phenoxy) is 1. The minimum atomic E-state index is 0.114. The van der Waals surface area contributed by atoms with Gasteiger partial charge in [-0.1, -0.05) is 23.7 Å². The first-order valence-corrected chi connectivity index (χ1v) is 8.48. The number of rotatable bonds is 4. The fourth-order valence-electron chi connectivity index (χ4n) is 2.15. The average Bonchev–Trinajstić information content (AvgIpc) is 2.40. The van der Waals surface area contributed by atoms with Crippen molar-refractivity contribution in [1.82, 2.24) is 5.32 Å². The Balaban J connectivity index is 2.09. The first-order valence-electron chi connectivity index (χ1n) is 7.22. The van der Waals surface area contributed by atoms with Crippen LogP contribution in [0, 0.1) is 0 Å². The molecule has 1 heterocycles. The van der Waals surface area contributed by atoms with E-state index < -0.39 is 0 Å². The largest absolute Gasteiger partial charge is 0.381 e. The van der Waals surface area contributed by atoms with E-state index in [1.807, 2.05) is 23.9 Å². The fraction of sp³-hybridized carbons (Fsp3) is 0.625. The van der Waals surface area contributed by atoms with E-state index in [2.05, 4.69) is 32.2 Å². The third kappa shape index (κ3) is 4.96. The van der Waals surface area contributed by atoms with Crippen molar-refractivity contribution < 1.29 is 4.74 Å². The normalized spacial score (nSPS) is 17.4. The van der Waals surface area contributed by atoms with E-state index in [1.54, 1.807) is 0 Å². The maximum absolute atomic E-state index is 6.42. The Morgan fingerprint density at radius 3 is 2.65 bits per heavy atom. The molecule has 1 aliphatic heterocycles. The van der Waals surface area contributed by atoms with E-state index in [4.69, 9.17) is 16.3 Å². The highest BCUT2D eigenvalue weighted by Gasteiger charge is 2.19. The zero-order valence-electron chi connectivity index (χ0n) is 12.5. The van der Waals surface area contributed by atoms with Crippen LogP contribution in [-0.2, 0) is 11.3 Å². The second kappa shape index (κ2) is 7.17. The van der Waals surface area contributed by atoms with Gasteiger partial charge in [0.2, 0.25) is 0 Å². The van der Waals surface area contributed by atoms with Crippen molar-refractivity contribution in [2.24, 2.45) is 0 Å². The van der Waals surface area contributed by atoms with Crippen molar-refractivity contribution in [2.45, 2.75) is 55.8 Å². The maximum Gasteiger partial charge on any atom is 0.0545 e. The molecule has 2 rings (SSSR count). The number of thioether (sulfide) groups is 1. The number of nitrogens with one attached hydrogen (secondary N) is 1. The van der Waals surface area contributed by atoms with Gasteiger partial charge in [0, 0.05) is 35.4 Å². The molecule has 0 spiro atoms. The van der Waals surface area contributed by atoms with Crippen LogP contribution < -0.4 is 5.32 Å². The summed E-state index contributed by atoms with van der Waals surface area (Å²) < 4.78 is 5.43. The Labute approximate surface area is 131 Å². The van der Waals surface area contributed by atoms with Crippen molar-refractivity contribution in [3.8, 4) is 0 Å². The first-order chi connectivity index (χ1) is 9.46. The molecule has 0 radical (unpaired) electrons. The highest BCUT2D eigenvalue weighted by Crippen LogP contribution is 2.37. The van der Waals surface area contributed by atoms with Crippen molar-refractivity contribution >= 4 is 23.4 Å². The number of hydrogen-bond acceptors (Lipinski definition) is 3. The molecule has 0 bridgehead atoms. The van der Waals surface area contributed by atoms with Crippen LogP contribution in [0.3, 0.4) is 0 Å². The number of hydrogen-bond donors (Lipinski definition) is 1. The Bertz CT molecular complexity index is 439. The lowest BCUT2D eigenvalue weighted by molar-refractivity contribution is 0.1000. The van der Waals surface area contributed by atoms with Crippen LogP contribution in [-0.4, -0.2) is 24.0 Å². The van der Waals surface area contributed by atoms with Gasteiger partial charge in [-0.25, -0.2) is 0 Å². The molecule has 4 heteroatoms. The molecule has 2 nitrogen and oxygen atoms in total. The van der Waals surface area contributed by atoms with E-state index in [-0.39, 0.29) is 5.54 Å². The van der Waals surface area contributed by atoms with Gasteiger partial charge in [0.15, 0.2) is 0 Å². The Hall–Kier alpha value is -0.220. The van der Waals surface area contributed by atoms with E-state index in [0.717, 1.165) is 37.6 Å². The summed E-state index contributed by atoms with van der Waals surface area (Å²) in [6, 6.07) is 6.20. The third-order valence-electron chi connectivity index (χ3n) is 3.31. The topological polar surface area (TPSA) is 21.3 Å². The molecule has 0 aliphatic carbocycles. The average molecular weight is 314 g/mol. The molecule has 0 atom stereocenters. The van der Waals surface area contributed by atoms with Gasteiger partial charge in [0.25, 0.3) is 0 Å². The summed E-state index contributed by atoms with van der Waals surface area (Å²) in [4.78, 5) is 1.23. The highest BCUT2D eigenvalue weighted by atomic mass is 35.5. The van der Waals surface area contributed by atoms with Gasteiger partial charge in [0.05, 0.1) is 5.02 Å². The van der Waals surface area contributed by atoms with Crippen molar-refractivity contribution in [3.63, 3.8) is 0 Å². The van der Waals surface area contributed by atoms with E-state index in [9.17, 15) is 0 Å². The molecule has 0 saturated carbocycles. The molecular weight excluding hydrogens is 290 g/mol. The van der Waals surface area contributed by atoms with Crippen molar-refractivity contribution in [2.75, 3.05) is 13.2 Å². The zero-order chi connectivity index (χ0) is 14.6. The predicted octanol–water partition coefficient (Wildman–Crippen LogP) is 4.50. The van der Waals surface area contributed by atoms with Gasteiger partial charge in [-0.05, 0) is 45.2 Å². The van der Waals surface area contributed by atoms with E-state index >= 15 is 0 Å². The lowest BCUT2D eigenvalue weighted by atomic mass is 10.1. The van der Waals surface area contributed by atoms with Gasteiger partial charge >= 0.3 is 0 Å². The van der Waals surface area contributed by atoms with E-state index in [0.29, 0.717) is 5.25 Å². The van der Waals surface area contributed by atoms with Crippen molar-refractivity contribution in [1.29, 1.82) is 0 Å². The Morgan fingerprint density at radius 2 is 2.00 bits per heavy atom. The van der Waals surface area contributed by atoms with Crippen LogP contribution >= 0.6 is 23.4 Å². The molecule has 0 amide bonds. The fourth-order valence-corrected chi connectivity index (χ4v) is 3.71. The minimum Gasteiger partial charge on any atom is -0.381 e. The second-order valence-corrected chi connectivity index (χ2v) is 7.98. The highest BCUT2D eigenvalue weighted by molar-refractivity contribution is 8.00. The summed E-state index contributed by atoms with van der Waals surface area (Å²) in [5.41, 5.74) is 1.41. The smallest absolute Gasteiger partial charge is 0.0545 e. The van der Waals surface area contributed by atoms with Gasteiger partial charge in [-0.15, -0.1) is 11.8 Å².